The van der Waals surface area contributed by atoms with Crippen LogP contribution in [0.3, 0.4) is 0 Å². The van der Waals surface area contributed by atoms with Crippen molar-refractivity contribution in [2.24, 2.45) is 0 Å². The van der Waals surface area contributed by atoms with E-state index in [1.165, 1.54) is 12.4 Å². The number of nitrogens with one attached hydrogen (secondary N) is 1. The number of nitrogens with zero attached hydrogens (tertiary/aromatic N) is 2. The zero-order chi connectivity index (χ0) is 14.3. The topological polar surface area (TPSA) is 54.9 Å². The third-order valence-electron chi connectivity index (χ3n) is 2.39. The van der Waals surface area contributed by atoms with Crippen molar-refractivity contribution in [1.82, 2.24) is 15.3 Å². The molecule has 0 spiro atoms. The molecule has 1 aromatic heterocycles. The number of halogens is 1. The van der Waals surface area contributed by atoms with E-state index in [1.54, 1.807) is 6.08 Å². The second-order valence-corrected chi connectivity index (χ2v) is 4.73. The van der Waals surface area contributed by atoms with Crippen LogP contribution in [0.5, 0.6) is 0 Å². The fourth-order valence-electron chi connectivity index (χ4n) is 1.37. The summed E-state index contributed by atoms with van der Waals surface area (Å²) >= 11 is 3.22. The quantitative estimate of drug-likeness (QED) is 0.848. The van der Waals surface area contributed by atoms with Crippen molar-refractivity contribution in [3.63, 3.8) is 0 Å². The number of carbonyl (C=O) groups excluding carboxylic acids is 1. The van der Waals surface area contributed by atoms with E-state index in [9.17, 15) is 4.79 Å². The molecule has 0 unspecified atom stereocenters. The number of amides is 1. The average molecular weight is 322 g/mol. The summed E-state index contributed by atoms with van der Waals surface area (Å²) in [5.41, 5.74) is 0.920. The lowest BCUT2D eigenvalue weighted by atomic mass is 10.1. The molecule has 0 fully saturated rings. The Balaban J connectivity index is 2.75. The summed E-state index contributed by atoms with van der Waals surface area (Å²) in [5.74, 6) is -0.169. The first-order valence-corrected chi connectivity index (χ1v) is 6.61. The molecular weight excluding hydrogens is 306 g/mol. The van der Waals surface area contributed by atoms with Crippen LogP contribution in [-0.2, 0) is 0 Å². The third-order valence-corrected chi connectivity index (χ3v) is 2.80. The molecule has 0 aliphatic rings. The molecule has 1 N–H and O–H groups in total. The van der Waals surface area contributed by atoms with Gasteiger partial charge in [-0.3, -0.25) is 4.79 Å². The molecule has 0 saturated carbocycles. The van der Waals surface area contributed by atoms with E-state index >= 15 is 0 Å². The maximum atomic E-state index is 11.9. The first-order chi connectivity index (χ1) is 9.08. The van der Waals surface area contributed by atoms with E-state index in [0.29, 0.717) is 0 Å². The Labute approximate surface area is 121 Å². The van der Waals surface area contributed by atoms with E-state index in [2.05, 4.69) is 37.8 Å². The van der Waals surface area contributed by atoms with Gasteiger partial charge in [-0.05, 0) is 35.4 Å². The van der Waals surface area contributed by atoms with Gasteiger partial charge in [0.25, 0.3) is 5.91 Å². The standard InChI is InChI=1S/C14H16BrN3O/c1-4-6-7-11(5-2)10(3)18-14(19)13-16-8-12(15)9-17-13/h4-10H,2H2,1,3H3,(H,18,19)/b6-4-,11-7+/t10-/m1/s1. The van der Waals surface area contributed by atoms with Crippen LogP contribution in [0.25, 0.3) is 0 Å². The first kappa shape index (κ1) is 15.3. The molecule has 1 amide bonds. The van der Waals surface area contributed by atoms with E-state index in [4.69, 9.17) is 0 Å². The van der Waals surface area contributed by atoms with Crippen molar-refractivity contribution in [2.75, 3.05) is 0 Å². The van der Waals surface area contributed by atoms with Gasteiger partial charge in [-0.25, -0.2) is 9.97 Å². The summed E-state index contributed by atoms with van der Waals surface area (Å²) in [6.07, 6.45) is 10.5. The lowest BCUT2D eigenvalue weighted by Crippen LogP contribution is -2.34. The molecule has 19 heavy (non-hydrogen) atoms. The van der Waals surface area contributed by atoms with Crippen LogP contribution in [0.15, 0.2) is 53.3 Å². The normalized spacial score (nSPS) is 13.3. The third kappa shape index (κ3) is 4.79. The Bertz CT molecular complexity index is 506. The fourth-order valence-corrected chi connectivity index (χ4v) is 1.58. The van der Waals surface area contributed by atoms with Gasteiger partial charge in [-0.2, -0.15) is 0 Å². The van der Waals surface area contributed by atoms with Crippen LogP contribution in [0.2, 0.25) is 0 Å². The second-order valence-electron chi connectivity index (χ2n) is 3.82. The first-order valence-electron chi connectivity index (χ1n) is 5.82. The van der Waals surface area contributed by atoms with Crippen LogP contribution in [-0.4, -0.2) is 21.9 Å². The van der Waals surface area contributed by atoms with Crippen LogP contribution >= 0.6 is 15.9 Å². The molecular formula is C14H16BrN3O. The van der Waals surface area contributed by atoms with Gasteiger partial charge in [0.2, 0.25) is 5.82 Å². The summed E-state index contributed by atoms with van der Waals surface area (Å²) in [4.78, 5) is 19.8. The Morgan fingerprint density at radius 3 is 2.63 bits per heavy atom. The Morgan fingerprint density at radius 1 is 1.47 bits per heavy atom. The number of carbonyl (C=O) groups is 1. The van der Waals surface area contributed by atoms with Gasteiger partial charge in [0.15, 0.2) is 0 Å². The Kier molecular flexibility index (Phi) is 6.15. The minimum atomic E-state index is -0.312. The number of rotatable bonds is 5. The summed E-state index contributed by atoms with van der Waals surface area (Å²) in [5, 5.41) is 2.82. The van der Waals surface area contributed by atoms with Crippen molar-refractivity contribution < 1.29 is 4.79 Å². The van der Waals surface area contributed by atoms with Crippen molar-refractivity contribution in [2.45, 2.75) is 19.9 Å². The van der Waals surface area contributed by atoms with Crippen molar-refractivity contribution in [1.29, 1.82) is 0 Å². The molecule has 0 bridgehead atoms. The molecule has 0 aliphatic heterocycles. The molecule has 5 heteroatoms. The smallest absolute Gasteiger partial charge is 0.289 e. The predicted octanol–water partition coefficient (Wildman–Crippen LogP) is 3.05. The fraction of sp³-hybridized carbons (Fsp3) is 0.214. The Morgan fingerprint density at radius 2 is 2.11 bits per heavy atom. The van der Waals surface area contributed by atoms with E-state index in [-0.39, 0.29) is 17.8 Å². The number of hydrogen-bond acceptors (Lipinski definition) is 3. The minimum Gasteiger partial charge on any atom is -0.343 e. The summed E-state index contributed by atoms with van der Waals surface area (Å²) in [6.45, 7) is 7.55. The molecule has 4 nitrogen and oxygen atoms in total. The molecule has 1 heterocycles. The number of hydrogen-bond donors (Lipinski definition) is 1. The lowest BCUT2D eigenvalue weighted by molar-refractivity contribution is 0.0935. The van der Waals surface area contributed by atoms with Gasteiger partial charge in [0.05, 0.1) is 10.5 Å². The maximum Gasteiger partial charge on any atom is 0.289 e. The summed E-state index contributed by atoms with van der Waals surface area (Å²) < 4.78 is 0.733. The minimum absolute atomic E-state index is 0.143. The van der Waals surface area contributed by atoms with Gasteiger partial charge in [0, 0.05) is 12.4 Å². The van der Waals surface area contributed by atoms with E-state index < -0.39 is 0 Å². The molecule has 1 atom stereocenters. The largest absolute Gasteiger partial charge is 0.343 e. The van der Waals surface area contributed by atoms with Crippen LogP contribution in [0, 0.1) is 0 Å². The van der Waals surface area contributed by atoms with E-state index in [1.807, 2.05) is 32.1 Å². The van der Waals surface area contributed by atoms with Crippen LogP contribution in [0.4, 0.5) is 0 Å². The number of aromatic nitrogens is 2. The van der Waals surface area contributed by atoms with Gasteiger partial charge in [-0.1, -0.05) is 30.9 Å². The highest BCUT2D eigenvalue weighted by Gasteiger charge is 2.13. The second kappa shape index (κ2) is 7.63. The average Bonchev–Trinajstić information content (AvgIpc) is 2.40. The highest BCUT2D eigenvalue weighted by molar-refractivity contribution is 9.10. The van der Waals surface area contributed by atoms with Crippen LogP contribution < -0.4 is 5.32 Å². The van der Waals surface area contributed by atoms with Crippen molar-refractivity contribution in [3.05, 3.63) is 59.1 Å². The molecule has 1 aromatic rings. The molecule has 0 aliphatic carbocycles. The summed E-state index contributed by atoms with van der Waals surface area (Å²) in [6, 6.07) is -0.159. The van der Waals surface area contributed by atoms with Gasteiger partial charge in [0.1, 0.15) is 0 Å². The molecule has 100 valence electrons. The zero-order valence-corrected chi connectivity index (χ0v) is 12.5. The highest BCUT2D eigenvalue weighted by Crippen LogP contribution is 2.07. The SMILES string of the molecule is C=C/C(=C\C=C/C)[C@@H](C)NC(=O)c1ncc(Br)cn1. The predicted molar refractivity (Wildman–Crippen MR) is 79.8 cm³/mol. The molecule has 0 aromatic carbocycles. The zero-order valence-electron chi connectivity index (χ0n) is 10.9. The molecule has 0 radical (unpaired) electrons. The van der Waals surface area contributed by atoms with Gasteiger partial charge < -0.3 is 5.32 Å². The van der Waals surface area contributed by atoms with Crippen LogP contribution in [0.1, 0.15) is 24.5 Å². The molecule has 1 rings (SSSR count). The summed E-state index contributed by atoms with van der Waals surface area (Å²) in [7, 11) is 0. The highest BCUT2D eigenvalue weighted by atomic mass is 79.9. The lowest BCUT2D eigenvalue weighted by Gasteiger charge is -2.14. The molecule has 0 saturated heterocycles. The van der Waals surface area contributed by atoms with Crippen molar-refractivity contribution >= 4 is 21.8 Å². The number of allylic oxidation sites excluding steroid dienone is 3. The monoisotopic (exact) mass is 321 g/mol. The van der Waals surface area contributed by atoms with Gasteiger partial charge in [-0.15, -0.1) is 0 Å². The van der Waals surface area contributed by atoms with Crippen molar-refractivity contribution in [3.8, 4) is 0 Å². The Hall–Kier alpha value is -1.75. The van der Waals surface area contributed by atoms with E-state index in [0.717, 1.165) is 10.0 Å². The van der Waals surface area contributed by atoms with Gasteiger partial charge >= 0.3 is 0 Å². The maximum absolute atomic E-state index is 11.9.